The first-order chi connectivity index (χ1) is 13.3. The quantitative estimate of drug-likeness (QED) is 0.751. The Labute approximate surface area is 158 Å². The van der Waals surface area contributed by atoms with Crippen LogP contribution in [0.5, 0.6) is 0 Å². The first-order valence-electron chi connectivity index (χ1n) is 9.24. The number of rotatable bonds is 5. The Balaban J connectivity index is 1.28. The van der Waals surface area contributed by atoms with Gasteiger partial charge in [0, 0.05) is 17.2 Å². The van der Waals surface area contributed by atoms with Crippen LogP contribution in [0.15, 0.2) is 65.2 Å². The third-order valence-electron chi connectivity index (χ3n) is 4.86. The van der Waals surface area contributed by atoms with Crippen LogP contribution < -0.4 is 5.32 Å². The molecular weight excluding hydrogens is 340 g/mol. The Hall–Kier alpha value is -2.99. The molecule has 1 N–H and O–H groups in total. The van der Waals surface area contributed by atoms with E-state index in [0.29, 0.717) is 18.3 Å². The number of aromatic nitrogens is 2. The number of para-hydroxylation sites is 1. The van der Waals surface area contributed by atoms with E-state index < -0.39 is 0 Å². The summed E-state index contributed by atoms with van der Waals surface area (Å²) < 4.78 is 5.39. The number of benzene rings is 2. The van der Waals surface area contributed by atoms with E-state index in [2.05, 4.69) is 20.4 Å². The summed E-state index contributed by atoms with van der Waals surface area (Å²) in [6.45, 7) is 2.30. The summed E-state index contributed by atoms with van der Waals surface area (Å²) in [5.74, 6) is 1.37. The van der Waals surface area contributed by atoms with Gasteiger partial charge in [-0.1, -0.05) is 53.7 Å². The average Bonchev–Trinajstić information content (AvgIpc) is 3.18. The van der Waals surface area contributed by atoms with E-state index in [1.165, 1.54) is 0 Å². The minimum Gasteiger partial charge on any atom is -0.338 e. The lowest BCUT2D eigenvalue weighted by Gasteiger charge is -2.30. The molecule has 0 atom stereocenters. The highest BCUT2D eigenvalue weighted by atomic mass is 16.5. The zero-order valence-corrected chi connectivity index (χ0v) is 15.0. The molecule has 1 aliphatic heterocycles. The van der Waals surface area contributed by atoms with Gasteiger partial charge in [0.2, 0.25) is 17.6 Å². The number of piperidine rings is 1. The van der Waals surface area contributed by atoms with E-state index in [4.69, 9.17) is 4.52 Å². The average molecular weight is 362 g/mol. The largest absolute Gasteiger partial charge is 0.338 e. The molecule has 6 heteroatoms. The molecule has 3 aromatic rings. The van der Waals surface area contributed by atoms with Crippen molar-refractivity contribution in [2.45, 2.75) is 19.4 Å². The monoisotopic (exact) mass is 362 g/mol. The molecule has 27 heavy (non-hydrogen) atoms. The lowest BCUT2D eigenvalue weighted by atomic mass is 9.96. The van der Waals surface area contributed by atoms with Gasteiger partial charge in [-0.25, -0.2) is 0 Å². The fourth-order valence-electron chi connectivity index (χ4n) is 3.33. The van der Waals surface area contributed by atoms with E-state index in [1.54, 1.807) is 0 Å². The van der Waals surface area contributed by atoms with Gasteiger partial charge in [0.1, 0.15) is 0 Å². The van der Waals surface area contributed by atoms with Crippen molar-refractivity contribution in [2.24, 2.45) is 5.92 Å². The molecule has 0 bridgehead atoms. The van der Waals surface area contributed by atoms with E-state index >= 15 is 0 Å². The summed E-state index contributed by atoms with van der Waals surface area (Å²) in [5, 5.41) is 7.06. The number of hydrogen-bond donors (Lipinski definition) is 1. The number of nitrogens with one attached hydrogen (secondary N) is 1. The molecule has 138 valence electrons. The fraction of sp³-hybridized carbons (Fsp3) is 0.286. The van der Waals surface area contributed by atoms with Crippen LogP contribution >= 0.6 is 0 Å². The van der Waals surface area contributed by atoms with Crippen molar-refractivity contribution in [2.75, 3.05) is 18.4 Å². The molecule has 4 rings (SSSR count). The molecule has 0 spiro atoms. The van der Waals surface area contributed by atoms with E-state index in [-0.39, 0.29) is 11.8 Å². The summed E-state index contributed by atoms with van der Waals surface area (Å²) in [6.07, 6.45) is 1.66. The molecule has 1 aromatic heterocycles. The van der Waals surface area contributed by atoms with Crippen LogP contribution in [0.1, 0.15) is 18.7 Å². The van der Waals surface area contributed by atoms with Crippen LogP contribution in [0.2, 0.25) is 0 Å². The normalized spacial score (nSPS) is 15.6. The van der Waals surface area contributed by atoms with Crippen molar-refractivity contribution in [3.05, 3.63) is 66.6 Å². The van der Waals surface area contributed by atoms with Gasteiger partial charge in [0.05, 0.1) is 6.54 Å². The van der Waals surface area contributed by atoms with Crippen LogP contribution in [0.25, 0.3) is 11.4 Å². The lowest BCUT2D eigenvalue weighted by Crippen LogP contribution is -2.37. The van der Waals surface area contributed by atoms with E-state index in [1.807, 2.05) is 60.7 Å². The van der Waals surface area contributed by atoms with E-state index in [0.717, 1.165) is 37.2 Å². The number of likely N-dealkylation sites (tertiary alicyclic amines) is 1. The second-order valence-corrected chi connectivity index (χ2v) is 6.78. The van der Waals surface area contributed by atoms with Crippen LogP contribution in [-0.2, 0) is 11.3 Å². The Kier molecular flexibility index (Phi) is 5.25. The van der Waals surface area contributed by atoms with Crippen molar-refractivity contribution in [3.63, 3.8) is 0 Å². The summed E-state index contributed by atoms with van der Waals surface area (Å²) in [4.78, 5) is 19.2. The van der Waals surface area contributed by atoms with Crippen LogP contribution in [-0.4, -0.2) is 34.0 Å². The van der Waals surface area contributed by atoms with Gasteiger partial charge < -0.3 is 9.84 Å². The second-order valence-electron chi connectivity index (χ2n) is 6.78. The Bertz CT molecular complexity index is 871. The van der Waals surface area contributed by atoms with Gasteiger partial charge in [-0.05, 0) is 38.1 Å². The fourth-order valence-corrected chi connectivity index (χ4v) is 3.33. The van der Waals surface area contributed by atoms with E-state index in [9.17, 15) is 4.79 Å². The Morgan fingerprint density at radius 2 is 1.70 bits per heavy atom. The third kappa shape index (κ3) is 4.41. The number of carbonyl (C=O) groups is 1. The molecule has 1 aliphatic rings. The molecule has 0 radical (unpaired) electrons. The number of anilines is 1. The van der Waals surface area contributed by atoms with Crippen molar-refractivity contribution in [1.82, 2.24) is 15.0 Å². The molecule has 0 unspecified atom stereocenters. The van der Waals surface area contributed by atoms with Crippen LogP contribution in [0.4, 0.5) is 5.69 Å². The standard InChI is InChI=1S/C21H22N4O2/c26-21(22-18-9-5-2-6-10-18)17-11-13-25(14-12-17)15-19-23-20(24-27-19)16-7-3-1-4-8-16/h1-10,17H,11-15H2,(H,22,26). The van der Waals surface area contributed by atoms with Crippen molar-refractivity contribution < 1.29 is 9.32 Å². The van der Waals surface area contributed by atoms with Crippen LogP contribution in [0.3, 0.4) is 0 Å². The maximum Gasteiger partial charge on any atom is 0.241 e. The minimum absolute atomic E-state index is 0.0454. The molecule has 1 saturated heterocycles. The topological polar surface area (TPSA) is 71.3 Å². The van der Waals surface area contributed by atoms with Gasteiger partial charge in [0.15, 0.2) is 0 Å². The van der Waals surface area contributed by atoms with Crippen molar-refractivity contribution in [3.8, 4) is 11.4 Å². The van der Waals surface area contributed by atoms with Gasteiger partial charge in [-0.2, -0.15) is 4.98 Å². The molecule has 0 aliphatic carbocycles. The van der Waals surface area contributed by atoms with Gasteiger partial charge in [-0.3, -0.25) is 9.69 Å². The lowest BCUT2D eigenvalue weighted by molar-refractivity contribution is -0.121. The predicted molar refractivity (Wildman–Crippen MR) is 103 cm³/mol. The highest BCUT2D eigenvalue weighted by Gasteiger charge is 2.26. The SMILES string of the molecule is O=C(Nc1ccccc1)C1CCN(Cc2nc(-c3ccccc3)no2)CC1. The zero-order chi connectivity index (χ0) is 18.5. The number of carbonyl (C=O) groups excluding carboxylic acids is 1. The van der Waals surface area contributed by atoms with Gasteiger partial charge in [0.25, 0.3) is 0 Å². The molecule has 6 nitrogen and oxygen atoms in total. The van der Waals surface area contributed by atoms with Crippen molar-refractivity contribution in [1.29, 1.82) is 0 Å². The number of amides is 1. The summed E-state index contributed by atoms with van der Waals surface area (Å²) in [5.41, 5.74) is 1.80. The Morgan fingerprint density at radius 3 is 2.41 bits per heavy atom. The highest BCUT2D eigenvalue weighted by molar-refractivity contribution is 5.92. The smallest absolute Gasteiger partial charge is 0.241 e. The molecule has 1 amide bonds. The predicted octanol–water partition coefficient (Wildman–Crippen LogP) is 3.59. The summed E-state index contributed by atoms with van der Waals surface area (Å²) in [7, 11) is 0. The molecular formula is C21H22N4O2. The molecule has 2 aromatic carbocycles. The molecule has 2 heterocycles. The molecule has 0 saturated carbocycles. The van der Waals surface area contributed by atoms with Crippen LogP contribution in [0, 0.1) is 5.92 Å². The minimum atomic E-state index is 0.0454. The van der Waals surface area contributed by atoms with Gasteiger partial charge >= 0.3 is 0 Å². The maximum atomic E-state index is 12.4. The maximum absolute atomic E-state index is 12.4. The number of hydrogen-bond acceptors (Lipinski definition) is 5. The van der Waals surface area contributed by atoms with Gasteiger partial charge in [-0.15, -0.1) is 0 Å². The second kappa shape index (κ2) is 8.14. The number of nitrogens with zero attached hydrogens (tertiary/aromatic N) is 3. The Morgan fingerprint density at radius 1 is 1.04 bits per heavy atom. The summed E-state index contributed by atoms with van der Waals surface area (Å²) >= 11 is 0. The molecule has 1 fully saturated rings. The first-order valence-corrected chi connectivity index (χ1v) is 9.24. The highest BCUT2D eigenvalue weighted by Crippen LogP contribution is 2.21. The van der Waals surface area contributed by atoms with Crippen molar-refractivity contribution >= 4 is 11.6 Å². The first kappa shape index (κ1) is 17.4. The third-order valence-corrected chi connectivity index (χ3v) is 4.86. The zero-order valence-electron chi connectivity index (χ0n) is 15.0. The summed E-state index contributed by atoms with van der Waals surface area (Å²) in [6, 6.07) is 19.4.